The number of rotatable bonds is 15. The first-order chi connectivity index (χ1) is 27.8. The maximum atomic E-state index is 15.5. The second-order valence-corrected chi connectivity index (χ2v) is 13.9. The SMILES string of the molecule is CNC(=O)CC[C@](NC(c1ccccc1)(c1ccccc1)c1ccccc1)(C(=O)Nc1cc(OC)ccc1OC)C(=O)OCC1c2ccccc2-c2ccccc21. The number of carbonyl (C=O) groups is 3. The van der Waals surface area contributed by atoms with Crippen LogP contribution >= 0.6 is 0 Å². The van der Waals surface area contributed by atoms with E-state index in [2.05, 4.69) is 28.1 Å². The van der Waals surface area contributed by atoms with E-state index in [0.717, 1.165) is 38.9 Å². The van der Waals surface area contributed by atoms with Gasteiger partial charge in [0.1, 0.15) is 18.1 Å². The molecule has 0 bridgehead atoms. The van der Waals surface area contributed by atoms with Crippen LogP contribution in [0, 0.1) is 0 Å². The number of carbonyl (C=O) groups excluding carboxylic acids is 3. The van der Waals surface area contributed by atoms with Crippen molar-refractivity contribution in [3.8, 4) is 22.6 Å². The van der Waals surface area contributed by atoms with E-state index in [1.807, 2.05) is 127 Å². The maximum absolute atomic E-state index is 15.5. The Morgan fingerprint density at radius 3 is 1.63 bits per heavy atom. The van der Waals surface area contributed by atoms with Crippen LogP contribution in [0.3, 0.4) is 0 Å². The van der Waals surface area contributed by atoms with Gasteiger partial charge in [-0.05, 0) is 57.5 Å². The Kier molecular flexibility index (Phi) is 11.5. The van der Waals surface area contributed by atoms with Gasteiger partial charge in [0.2, 0.25) is 5.91 Å². The van der Waals surface area contributed by atoms with E-state index in [0.29, 0.717) is 11.5 Å². The van der Waals surface area contributed by atoms with E-state index < -0.39 is 23.0 Å². The van der Waals surface area contributed by atoms with Crippen LogP contribution in [-0.2, 0) is 24.7 Å². The second kappa shape index (κ2) is 17.0. The smallest absolute Gasteiger partial charge is 0.336 e. The molecular formula is C48H45N3O6. The predicted octanol–water partition coefficient (Wildman–Crippen LogP) is 7.84. The van der Waals surface area contributed by atoms with Crippen molar-refractivity contribution in [3.63, 3.8) is 0 Å². The summed E-state index contributed by atoms with van der Waals surface area (Å²) in [6.45, 7) is -0.0545. The van der Waals surface area contributed by atoms with Gasteiger partial charge in [-0.2, -0.15) is 0 Å². The van der Waals surface area contributed by atoms with Crippen molar-refractivity contribution in [2.75, 3.05) is 33.2 Å². The standard InChI is InChI=1S/C48H45N3O6/c1-49-44(52)29-30-47(45(53)50-42-31-36(55-2)27-28-43(42)56-3,46(54)57-32-41-39-25-15-13-23-37(39)38-24-14-16-26-40(38)41)51-48(33-17-7-4-8-18-33,34-19-9-5-10-20-34)35-21-11-6-12-22-35/h4-28,31,41,51H,29-30,32H2,1-3H3,(H,49,52)(H,50,53)/t47-/m0/s1. The number of nitrogens with one attached hydrogen (secondary N) is 3. The Labute approximate surface area is 333 Å². The van der Waals surface area contributed by atoms with E-state index in [-0.39, 0.29) is 37.0 Å². The van der Waals surface area contributed by atoms with Gasteiger partial charge in [-0.1, -0.05) is 140 Å². The number of hydrogen-bond acceptors (Lipinski definition) is 7. The van der Waals surface area contributed by atoms with Crippen LogP contribution in [0.1, 0.15) is 46.6 Å². The van der Waals surface area contributed by atoms with Crippen molar-refractivity contribution in [2.45, 2.75) is 29.8 Å². The Bertz CT molecular complexity index is 2210. The largest absolute Gasteiger partial charge is 0.497 e. The Morgan fingerprint density at radius 1 is 0.632 bits per heavy atom. The molecule has 7 rings (SSSR count). The normalized spacial score (nSPS) is 13.0. The Hall–Kier alpha value is -6.71. The number of hydrogen-bond donors (Lipinski definition) is 3. The molecule has 6 aromatic rings. The number of anilines is 1. The molecule has 9 heteroatoms. The number of ether oxygens (including phenoxy) is 3. The lowest BCUT2D eigenvalue weighted by molar-refractivity contribution is -0.157. The van der Waals surface area contributed by atoms with Gasteiger partial charge in [0.15, 0.2) is 5.54 Å². The second-order valence-electron chi connectivity index (χ2n) is 13.9. The lowest BCUT2D eigenvalue weighted by atomic mass is 9.74. The van der Waals surface area contributed by atoms with Crippen molar-refractivity contribution < 1.29 is 28.6 Å². The van der Waals surface area contributed by atoms with Gasteiger partial charge in [0.05, 0.1) is 25.4 Å². The molecule has 2 amide bonds. The predicted molar refractivity (Wildman–Crippen MR) is 221 cm³/mol. The zero-order valence-electron chi connectivity index (χ0n) is 32.2. The fourth-order valence-electron chi connectivity index (χ4n) is 7.87. The highest BCUT2D eigenvalue weighted by molar-refractivity contribution is 6.14. The minimum absolute atomic E-state index is 0.0545. The van der Waals surface area contributed by atoms with Crippen LogP contribution in [-0.4, -0.2) is 51.2 Å². The average Bonchev–Trinajstić information content (AvgIpc) is 3.59. The lowest BCUT2D eigenvalue weighted by Gasteiger charge is -2.44. The number of esters is 1. The molecule has 1 atom stereocenters. The molecule has 0 spiro atoms. The molecule has 0 saturated heterocycles. The first-order valence-electron chi connectivity index (χ1n) is 18.9. The Balaban J connectivity index is 1.43. The summed E-state index contributed by atoms with van der Waals surface area (Å²) in [6, 6.07) is 50.1. The molecule has 0 radical (unpaired) electrons. The van der Waals surface area contributed by atoms with E-state index in [1.165, 1.54) is 21.3 Å². The molecule has 0 aliphatic heterocycles. The summed E-state index contributed by atoms with van der Waals surface area (Å²) in [6.07, 6.45) is -0.458. The molecule has 1 aliphatic rings. The first-order valence-corrected chi connectivity index (χ1v) is 18.9. The fourth-order valence-corrected chi connectivity index (χ4v) is 7.87. The molecular weight excluding hydrogens is 715 g/mol. The topological polar surface area (TPSA) is 115 Å². The van der Waals surface area contributed by atoms with Gasteiger partial charge in [-0.3, -0.25) is 14.9 Å². The summed E-state index contributed by atoms with van der Waals surface area (Å²) < 4.78 is 17.6. The zero-order valence-corrected chi connectivity index (χ0v) is 32.2. The monoisotopic (exact) mass is 759 g/mol. The fraction of sp³-hybridized carbons (Fsp3) is 0.188. The van der Waals surface area contributed by atoms with Crippen molar-refractivity contribution >= 4 is 23.5 Å². The summed E-state index contributed by atoms with van der Waals surface area (Å²) in [7, 11) is 4.53. The first kappa shape index (κ1) is 38.6. The summed E-state index contributed by atoms with van der Waals surface area (Å²) in [4.78, 5) is 44.2. The van der Waals surface area contributed by atoms with Crippen molar-refractivity contribution in [1.29, 1.82) is 0 Å². The van der Waals surface area contributed by atoms with Gasteiger partial charge >= 0.3 is 5.97 Å². The van der Waals surface area contributed by atoms with Crippen LogP contribution in [0.15, 0.2) is 158 Å². The highest BCUT2D eigenvalue weighted by Gasteiger charge is 2.54. The third kappa shape index (κ3) is 7.49. The quantitative estimate of drug-likeness (QED) is 0.0556. The van der Waals surface area contributed by atoms with E-state index in [4.69, 9.17) is 14.2 Å². The zero-order chi connectivity index (χ0) is 39.8. The van der Waals surface area contributed by atoms with Crippen LogP contribution in [0.5, 0.6) is 11.5 Å². The molecule has 0 fully saturated rings. The Morgan fingerprint density at radius 2 is 1.14 bits per heavy atom. The van der Waals surface area contributed by atoms with Crippen LogP contribution < -0.4 is 25.4 Å². The van der Waals surface area contributed by atoms with Gasteiger partial charge in [0, 0.05) is 25.5 Å². The van der Waals surface area contributed by atoms with E-state index >= 15 is 9.59 Å². The molecule has 1 aliphatic carbocycles. The molecule has 9 nitrogen and oxygen atoms in total. The third-order valence-electron chi connectivity index (χ3n) is 10.8. The van der Waals surface area contributed by atoms with Gasteiger partial charge in [-0.25, -0.2) is 4.79 Å². The van der Waals surface area contributed by atoms with Crippen LogP contribution in [0.4, 0.5) is 5.69 Å². The number of fused-ring (bicyclic) bond motifs is 3. The van der Waals surface area contributed by atoms with Crippen molar-refractivity contribution in [1.82, 2.24) is 10.6 Å². The minimum Gasteiger partial charge on any atom is -0.497 e. The van der Waals surface area contributed by atoms with E-state index in [9.17, 15) is 4.79 Å². The summed E-state index contributed by atoms with van der Waals surface area (Å²) in [5, 5.41) is 9.34. The molecule has 3 N–H and O–H groups in total. The highest BCUT2D eigenvalue weighted by atomic mass is 16.5. The van der Waals surface area contributed by atoms with Crippen LogP contribution in [0.25, 0.3) is 11.1 Å². The summed E-state index contributed by atoms with van der Waals surface area (Å²) in [5.74, 6) is -1.44. The minimum atomic E-state index is -2.19. The maximum Gasteiger partial charge on any atom is 0.336 e. The van der Waals surface area contributed by atoms with Crippen molar-refractivity contribution in [3.05, 3.63) is 186 Å². The number of amides is 2. The van der Waals surface area contributed by atoms with Crippen molar-refractivity contribution in [2.24, 2.45) is 0 Å². The van der Waals surface area contributed by atoms with Crippen LogP contribution in [0.2, 0.25) is 0 Å². The molecule has 0 heterocycles. The number of methoxy groups -OCH3 is 2. The summed E-state index contributed by atoms with van der Waals surface area (Å²) in [5.41, 5.74) is 3.19. The molecule has 0 saturated carbocycles. The molecule has 57 heavy (non-hydrogen) atoms. The lowest BCUT2D eigenvalue weighted by Crippen LogP contribution is -2.67. The third-order valence-corrected chi connectivity index (χ3v) is 10.8. The van der Waals surface area contributed by atoms with Gasteiger partial charge in [0.25, 0.3) is 5.91 Å². The van der Waals surface area contributed by atoms with Gasteiger partial charge in [-0.15, -0.1) is 0 Å². The molecule has 0 aromatic heterocycles. The molecule has 0 unspecified atom stereocenters. The van der Waals surface area contributed by atoms with E-state index in [1.54, 1.807) is 18.2 Å². The highest BCUT2D eigenvalue weighted by Crippen LogP contribution is 2.45. The molecule has 288 valence electrons. The van der Waals surface area contributed by atoms with Gasteiger partial charge < -0.3 is 24.8 Å². The molecule has 6 aromatic carbocycles. The average molecular weight is 760 g/mol. The summed E-state index contributed by atoms with van der Waals surface area (Å²) >= 11 is 0. The number of benzene rings is 6.